The fraction of sp³-hybridized carbons (Fsp3) is 0.571. The van der Waals surface area contributed by atoms with Crippen LogP contribution < -0.4 is 0 Å². The molecule has 2 atom stereocenters. The maximum absolute atomic E-state index is 11.3. The molecule has 1 spiro atoms. The highest BCUT2D eigenvalue weighted by molar-refractivity contribution is 5.45. The van der Waals surface area contributed by atoms with Gasteiger partial charge in [0.05, 0.1) is 23.5 Å². The summed E-state index contributed by atoms with van der Waals surface area (Å²) in [5, 5.41) is 15.8. The van der Waals surface area contributed by atoms with E-state index in [4.69, 9.17) is 0 Å². The number of piperidine rings is 1. The first kappa shape index (κ1) is 17.7. The topological polar surface area (TPSA) is 44.5 Å². The van der Waals surface area contributed by atoms with Crippen LogP contribution in [0.25, 0.3) is 0 Å². The zero-order valence-corrected chi connectivity index (χ0v) is 16.3. The number of nitrogens with zero attached hydrogens (tertiary/aromatic N) is 4. The van der Waals surface area contributed by atoms with Crippen molar-refractivity contribution in [3.8, 4) is 0 Å². The van der Waals surface area contributed by atoms with E-state index in [0.29, 0.717) is 0 Å². The van der Waals surface area contributed by atoms with Crippen LogP contribution in [0.5, 0.6) is 0 Å². The van der Waals surface area contributed by atoms with E-state index in [1.54, 1.807) is 0 Å². The molecule has 5 nitrogen and oxygen atoms in total. The molecule has 0 unspecified atom stereocenters. The summed E-state index contributed by atoms with van der Waals surface area (Å²) in [4.78, 5) is 4.67. The van der Waals surface area contributed by atoms with Crippen molar-refractivity contribution in [2.45, 2.75) is 43.9 Å². The van der Waals surface area contributed by atoms with E-state index < -0.39 is 0 Å². The summed E-state index contributed by atoms with van der Waals surface area (Å²) in [5.74, 6) is 0. The number of fused-ring (bicyclic) bond motifs is 2. The van der Waals surface area contributed by atoms with Gasteiger partial charge in [-0.05, 0) is 64.1 Å². The highest BCUT2D eigenvalue weighted by Gasteiger charge is 2.53. The molecule has 2 aromatic rings. The monoisotopic (exact) mass is 354 g/mol. The van der Waals surface area contributed by atoms with Crippen molar-refractivity contribution in [2.75, 3.05) is 27.2 Å². The SMILES string of the molecule is Cc1cc(CN2CCC3(CC2)c2ccccc2[C@@H](N(C)C)[C@@H]3O)n(C)n1. The lowest BCUT2D eigenvalue weighted by Crippen LogP contribution is -2.49. The summed E-state index contributed by atoms with van der Waals surface area (Å²) in [7, 11) is 6.17. The van der Waals surface area contributed by atoms with Crippen molar-refractivity contribution in [1.29, 1.82) is 0 Å². The third-order valence-electron chi connectivity index (χ3n) is 6.47. The van der Waals surface area contributed by atoms with Crippen molar-refractivity contribution in [3.63, 3.8) is 0 Å². The van der Waals surface area contributed by atoms with E-state index in [-0.39, 0.29) is 17.6 Å². The molecule has 26 heavy (non-hydrogen) atoms. The molecule has 1 aliphatic carbocycles. The van der Waals surface area contributed by atoms with Crippen LogP contribution in [-0.2, 0) is 19.0 Å². The smallest absolute Gasteiger partial charge is 0.0834 e. The number of likely N-dealkylation sites (N-methyl/N-ethyl adjacent to an activating group) is 1. The van der Waals surface area contributed by atoms with E-state index in [0.717, 1.165) is 38.2 Å². The van der Waals surface area contributed by atoms with Crippen molar-refractivity contribution in [1.82, 2.24) is 19.6 Å². The van der Waals surface area contributed by atoms with Crippen LogP contribution in [0, 0.1) is 6.92 Å². The molecule has 0 amide bonds. The number of hydrogen-bond donors (Lipinski definition) is 1. The van der Waals surface area contributed by atoms with Crippen molar-refractivity contribution >= 4 is 0 Å². The Bertz CT molecular complexity index is 789. The molecule has 2 heterocycles. The van der Waals surface area contributed by atoms with Gasteiger partial charge in [-0.1, -0.05) is 24.3 Å². The Morgan fingerprint density at radius 2 is 1.92 bits per heavy atom. The Morgan fingerprint density at radius 1 is 1.23 bits per heavy atom. The van der Waals surface area contributed by atoms with Crippen LogP contribution in [0.3, 0.4) is 0 Å². The van der Waals surface area contributed by atoms with Gasteiger partial charge in [-0.15, -0.1) is 0 Å². The first-order chi connectivity index (χ1) is 12.4. The van der Waals surface area contributed by atoms with Crippen molar-refractivity contribution in [2.24, 2.45) is 7.05 Å². The minimum atomic E-state index is -0.337. The molecule has 1 aromatic heterocycles. The number of hydrogen-bond acceptors (Lipinski definition) is 4. The number of benzene rings is 1. The Morgan fingerprint density at radius 3 is 2.54 bits per heavy atom. The van der Waals surface area contributed by atoms with Gasteiger partial charge in [-0.2, -0.15) is 5.10 Å². The van der Waals surface area contributed by atoms with Gasteiger partial charge in [-0.3, -0.25) is 9.58 Å². The second kappa shape index (κ2) is 6.48. The largest absolute Gasteiger partial charge is 0.390 e. The third kappa shape index (κ3) is 2.70. The predicted octanol–water partition coefficient (Wildman–Crippen LogP) is 2.24. The molecule has 1 fully saturated rings. The summed E-state index contributed by atoms with van der Waals surface area (Å²) < 4.78 is 1.99. The van der Waals surface area contributed by atoms with Crippen molar-refractivity contribution in [3.05, 3.63) is 52.8 Å². The fourth-order valence-electron chi connectivity index (χ4n) is 5.12. The molecule has 0 radical (unpaired) electrons. The molecule has 2 aliphatic rings. The lowest BCUT2D eigenvalue weighted by Gasteiger charge is -2.43. The zero-order valence-electron chi connectivity index (χ0n) is 16.3. The first-order valence-electron chi connectivity index (χ1n) is 9.58. The molecule has 1 aliphatic heterocycles. The van der Waals surface area contributed by atoms with Gasteiger partial charge in [0.1, 0.15) is 0 Å². The Labute approximate surface area is 156 Å². The molecular weight excluding hydrogens is 324 g/mol. The van der Waals surface area contributed by atoms with Crippen LogP contribution >= 0.6 is 0 Å². The fourth-order valence-corrected chi connectivity index (χ4v) is 5.12. The van der Waals surface area contributed by atoms with Gasteiger partial charge in [0.15, 0.2) is 0 Å². The number of aryl methyl sites for hydroxylation is 2. The van der Waals surface area contributed by atoms with E-state index >= 15 is 0 Å². The quantitative estimate of drug-likeness (QED) is 0.918. The van der Waals surface area contributed by atoms with Crippen LogP contribution in [0.2, 0.25) is 0 Å². The Balaban J connectivity index is 1.55. The van der Waals surface area contributed by atoms with Crippen LogP contribution in [0.4, 0.5) is 0 Å². The lowest BCUT2D eigenvalue weighted by atomic mass is 9.72. The molecule has 1 saturated heterocycles. The molecule has 1 aromatic carbocycles. The molecule has 140 valence electrons. The maximum atomic E-state index is 11.3. The normalized spacial score (nSPS) is 25.2. The molecule has 0 saturated carbocycles. The minimum absolute atomic E-state index is 0.0949. The summed E-state index contributed by atoms with van der Waals surface area (Å²) in [5.41, 5.74) is 4.90. The lowest BCUT2D eigenvalue weighted by molar-refractivity contribution is -0.00421. The van der Waals surface area contributed by atoms with Gasteiger partial charge < -0.3 is 10.0 Å². The third-order valence-corrected chi connectivity index (χ3v) is 6.47. The Kier molecular flexibility index (Phi) is 4.41. The summed E-state index contributed by atoms with van der Waals surface area (Å²) in [6, 6.07) is 10.9. The van der Waals surface area contributed by atoms with Crippen LogP contribution in [0.1, 0.15) is 41.4 Å². The van der Waals surface area contributed by atoms with E-state index in [1.165, 1.54) is 16.8 Å². The first-order valence-corrected chi connectivity index (χ1v) is 9.58. The van der Waals surface area contributed by atoms with Gasteiger partial charge in [0.2, 0.25) is 0 Å². The predicted molar refractivity (Wildman–Crippen MR) is 103 cm³/mol. The second-order valence-corrected chi connectivity index (χ2v) is 8.27. The summed E-state index contributed by atoms with van der Waals surface area (Å²) in [6.45, 7) is 5.00. The average molecular weight is 354 g/mol. The minimum Gasteiger partial charge on any atom is -0.390 e. The van der Waals surface area contributed by atoms with E-state index in [1.807, 2.05) is 18.7 Å². The number of aromatic nitrogens is 2. The molecular formula is C21H30N4O. The van der Waals surface area contributed by atoms with Crippen LogP contribution in [0.15, 0.2) is 30.3 Å². The highest BCUT2D eigenvalue weighted by atomic mass is 16.3. The molecule has 4 rings (SSSR count). The van der Waals surface area contributed by atoms with Crippen LogP contribution in [-0.4, -0.2) is 58.0 Å². The van der Waals surface area contributed by atoms with Gasteiger partial charge in [0.25, 0.3) is 0 Å². The molecule has 5 heteroatoms. The number of aliphatic hydroxyl groups excluding tert-OH is 1. The summed E-state index contributed by atoms with van der Waals surface area (Å²) in [6.07, 6.45) is 1.68. The van der Waals surface area contributed by atoms with Gasteiger partial charge in [0, 0.05) is 19.0 Å². The standard InChI is InChI=1S/C21H30N4O/c1-15-13-16(24(4)22-15)14-25-11-9-21(10-12-25)18-8-6-5-7-17(18)19(20(21)26)23(2)3/h5-8,13,19-20,26H,9-12,14H2,1-4H3/t19-,20+/m1/s1. The van der Waals surface area contributed by atoms with Gasteiger partial charge >= 0.3 is 0 Å². The Hall–Kier alpha value is -1.69. The zero-order chi connectivity index (χ0) is 18.5. The maximum Gasteiger partial charge on any atom is 0.0834 e. The van der Waals surface area contributed by atoms with Crippen molar-refractivity contribution < 1.29 is 5.11 Å². The molecule has 0 bridgehead atoms. The van der Waals surface area contributed by atoms with Gasteiger partial charge in [-0.25, -0.2) is 0 Å². The number of likely N-dealkylation sites (tertiary alicyclic amines) is 1. The number of rotatable bonds is 3. The highest BCUT2D eigenvalue weighted by Crippen LogP contribution is 2.52. The second-order valence-electron chi connectivity index (χ2n) is 8.27. The molecule has 1 N–H and O–H groups in total. The van der Waals surface area contributed by atoms with E-state index in [2.05, 4.69) is 59.3 Å². The van der Waals surface area contributed by atoms with E-state index in [9.17, 15) is 5.11 Å². The number of aliphatic hydroxyl groups is 1. The summed E-state index contributed by atoms with van der Waals surface area (Å²) >= 11 is 0. The average Bonchev–Trinajstić information content (AvgIpc) is 3.05.